The fourth-order valence-electron chi connectivity index (χ4n) is 1.90. The summed E-state index contributed by atoms with van der Waals surface area (Å²) in [5, 5.41) is 4.58. The third-order valence-electron chi connectivity index (χ3n) is 3.17. The van der Waals surface area contributed by atoms with Crippen molar-refractivity contribution in [2.24, 2.45) is 10.8 Å². The van der Waals surface area contributed by atoms with Gasteiger partial charge in [-0.3, -0.25) is 4.79 Å². The quantitative estimate of drug-likeness (QED) is 0.877. The molecule has 0 atom stereocenters. The number of nitrogens with two attached hydrogens (primary N) is 1. The lowest BCUT2D eigenvalue weighted by Gasteiger charge is -2.19. The molecule has 1 amide bonds. The van der Waals surface area contributed by atoms with Gasteiger partial charge in [-0.25, -0.2) is 5.43 Å². The molecule has 2 rings (SSSR count). The van der Waals surface area contributed by atoms with Crippen LogP contribution >= 0.6 is 11.6 Å². The maximum Gasteiger partial charge on any atom is 0.240 e. The summed E-state index contributed by atoms with van der Waals surface area (Å²) < 4.78 is 5.65. The number of amides is 1. The topological polar surface area (TPSA) is 76.7 Å². The van der Waals surface area contributed by atoms with Crippen LogP contribution < -0.4 is 15.9 Å². The molecule has 0 unspecified atom stereocenters. The Labute approximate surface area is 129 Å². The second-order valence-corrected chi connectivity index (χ2v) is 6.23. The molecule has 0 spiro atoms. The summed E-state index contributed by atoms with van der Waals surface area (Å²) in [6.07, 6.45) is 1.80. The summed E-state index contributed by atoms with van der Waals surface area (Å²) in [4.78, 5) is 11.1. The first kappa shape index (κ1) is 15.8. The van der Waals surface area contributed by atoms with Crippen molar-refractivity contribution in [3.8, 4) is 5.75 Å². The van der Waals surface area contributed by atoms with E-state index in [1.54, 1.807) is 6.07 Å². The zero-order valence-corrected chi connectivity index (χ0v) is 13.0. The fraction of sp³-hybridized carbons (Fsp3) is 0.467. The third kappa shape index (κ3) is 4.72. The number of carbonyl (C=O) groups is 1. The summed E-state index contributed by atoms with van der Waals surface area (Å²) in [5.41, 5.74) is 9.84. The number of hydrogen-bond acceptors (Lipinski definition) is 4. The summed E-state index contributed by atoms with van der Waals surface area (Å²) in [5.74, 6) is 0.569. The van der Waals surface area contributed by atoms with Crippen molar-refractivity contribution in [3.05, 3.63) is 28.8 Å². The minimum Gasteiger partial charge on any atom is -0.492 e. The highest BCUT2D eigenvalue weighted by molar-refractivity contribution is 6.32. The first-order chi connectivity index (χ1) is 9.85. The lowest BCUT2D eigenvalue weighted by atomic mass is 10.0. The van der Waals surface area contributed by atoms with E-state index >= 15 is 0 Å². The monoisotopic (exact) mass is 309 g/mol. The van der Waals surface area contributed by atoms with Crippen LogP contribution in [0.5, 0.6) is 5.75 Å². The van der Waals surface area contributed by atoms with Crippen LogP contribution in [-0.4, -0.2) is 23.8 Å². The van der Waals surface area contributed by atoms with Gasteiger partial charge in [0.15, 0.2) is 0 Å². The van der Waals surface area contributed by atoms with Gasteiger partial charge < -0.3 is 10.5 Å². The van der Waals surface area contributed by atoms with Crippen molar-refractivity contribution >= 4 is 23.2 Å². The minimum absolute atomic E-state index is 0.0609. The predicted molar refractivity (Wildman–Crippen MR) is 83.7 cm³/mol. The Morgan fingerprint density at radius 2 is 2.19 bits per heavy atom. The van der Waals surface area contributed by atoms with E-state index in [0.717, 1.165) is 17.7 Å². The molecule has 1 aromatic rings. The highest BCUT2D eigenvalue weighted by Gasteiger charge is 2.15. The number of carbonyl (C=O) groups excluding carboxylic acids is 1. The highest BCUT2D eigenvalue weighted by atomic mass is 35.5. The standard InChI is InChI=1S/C15H20ClN3O2/c1-15(2,17)7-8-21-13-5-3-10(9-11(13)16)12-4-6-14(20)19-18-12/h3,5,9H,4,6-8,17H2,1-2H3,(H,19,20). The second kappa shape index (κ2) is 6.45. The number of halogens is 1. The van der Waals surface area contributed by atoms with Gasteiger partial charge in [0.25, 0.3) is 0 Å². The normalized spacial score (nSPS) is 15.4. The van der Waals surface area contributed by atoms with Gasteiger partial charge in [0, 0.05) is 18.4 Å². The van der Waals surface area contributed by atoms with E-state index < -0.39 is 0 Å². The Balaban J connectivity index is 2.02. The Morgan fingerprint density at radius 1 is 1.43 bits per heavy atom. The van der Waals surface area contributed by atoms with Crippen molar-refractivity contribution < 1.29 is 9.53 Å². The molecule has 1 aromatic carbocycles. The van der Waals surface area contributed by atoms with Gasteiger partial charge in [0.05, 0.1) is 17.3 Å². The van der Waals surface area contributed by atoms with E-state index in [1.165, 1.54) is 0 Å². The van der Waals surface area contributed by atoms with Crippen molar-refractivity contribution in [1.29, 1.82) is 0 Å². The molecule has 21 heavy (non-hydrogen) atoms. The lowest BCUT2D eigenvalue weighted by Crippen LogP contribution is -2.33. The van der Waals surface area contributed by atoms with Gasteiger partial charge in [-0.2, -0.15) is 5.10 Å². The summed E-state index contributed by atoms with van der Waals surface area (Å²) in [6.45, 7) is 4.42. The van der Waals surface area contributed by atoms with Crippen LogP contribution in [0.1, 0.15) is 38.7 Å². The maximum absolute atomic E-state index is 11.1. The van der Waals surface area contributed by atoms with Crippen LogP contribution in [0.3, 0.4) is 0 Å². The Kier molecular flexibility index (Phi) is 4.85. The van der Waals surface area contributed by atoms with Gasteiger partial charge in [-0.1, -0.05) is 11.6 Å². The third-order valence-corrected chi connectivity index (χ3v) is 3.47. The zero-order valence-electron chi connectivity index (χ0n) is 12.3. The van der Waals surface area contributed by atoms with E-state index in [2.05, 4.69) is 10.5 Å². The molecule has 1 aliphatic rings. The van der Waals surface area contributed by atoms with Gasteiger partial charge in [-0.05, 0) is 44.0 Å². The van der Waals surface area contributed by atoms with E-state index in [1.807, 2.05) is 26.0 Å². The van der Waals surface area contributed by atoms with Crippen LogP contribution in [0.2, 0.25) is 5.02 Å². The molecule has 6 heteroatoms. The first-order valence-electron chi connectivity index (χ1n) is 6.92. The molecule has 5 nitrogen and oxygen atoms in total. The molecular formula is C15H20ClN3O2. The van der Waals surface area contributed by atoms with E-state index in [9.17, 15) is 4.79 Å². The summed E-state index contributed by atoms with van der Waals surface area (Å²) in [6, 6.07) is 5.52. The van der Waals surface area contributed by atoms with Crippen molar-refractivity contribution in [3.63, 3.8) is 0 Å². The van der Waals surface area contributed by atoms with Crippen LogP contribution in [0.4, 0.5) is 0 Å². The van der Waals surface area contributed by atoms with Crippen molar-refractivity contribution in [2.45, 2.75) is 38.6 Å². The van der Waals surface area contributed by atoms with Gasteiger partial charge in [-0.15, -0.1) is 0 Å². The molecule has 114 valence electrons. The fourth-order valence-corrected chi connectivity index (χ4v) is 2.14. The smallest absolute Gasteiger partial charge is 0.240 e. The summed E-state index contributed by atoms with van der Waals surface area (Å²) in [7, 11) is 0. The molecule has 0 bridgehead atoms. The van der Waals surface area contributed by atoms with Crippen molar-refractivity contribution in [1.82, 2.24) is 5.43 Å². The Hall–Kier alpha value is -1.59. The van der Waals surface area contributed by atoms with Crippen LogP contribution in [0, 0.1) is 0 Å². The van der Waals surface area contributed by atoms with E-state index in [-0.39, 0.29) is 11.4 Å². The predicted octanol–water partition coefficient (Wildman–Crippen LogP) is 2.46. The number of ether oxygens (including phenoxy) is 1. The second-order valence-electron chi connectivity index (χ2n) is 5.83. The van der Waals surface area contributed by atoms with Gasteiger partial charge in [0.2, 0.25) is 5.91 Å². The molecule has 0 saturated carbocycles. The average molecular weight is 310 g/mol. The number of nitrogens with zero attached hydrogens (tertiary/aromatic N) is 1. The number of hydrazone groups is 1. The molecule has 0 aliphatic carbocycles. The maximum atomic E-state index is 11.1. The number of rotatable bonds is 5. The van der Waals surface area contributed by atoms with Crippen LogP contribution in [0.15, 0.2) is 23.3 Å². The molecule has 3 N–H and O–H groups in total. The largest absolute Gasteiger partial charge is 0.492 e. The van der Waals surface area contributed by atoms with E-state index in [4.69, 9.17) is 22.1 Å². The summed E-state index contributed by atoms with van der Waals surface area (Å²) >= 11 is 6.23. The molecular weight excluding hydrogens is 290 g/mol. The first-order valence-corrected chi connectivity index (χ1v) is 7.30. The van der Waals surface area contributed by atoms with Gasteiger partial charge in [0.1, 0.15) is 5.75 Å². The number of benzene rings is 1. The molecule has 1 aliphatic heterocycles. The Morgan fingerprint density at radius 3 is 2.76 bits per heavy atom. The number of nitrogens with one attached hydrogen (secondary N) is 1. The lowest BCUT2D eigenvalue weighted by molar-refractivity contribution is -0.121. The van der Waals surface area contributed by atoms with Gasteiger partial charge >= 0.3 is 0 Å². The molecule has 0 fully saturated rings. The molecule has 0 aromatic heterocycles. The van der Waals surface area contributed by atoms with Crippen molar-refractivity contribution in [2.75, 3.05) is 6.61 Å². The Bertz CT molecular complexity index is 565. The number of hydrogen-bond donors (Lipinski definition) is 2. The van der Waals surface area contributed by atoms with E-state index in [0.29, 0.717) is 30.2 Å². The minimum atomic E-state index is -0.262. The SMILES string of the molecule is CC(C)(N)CCOc1ccc(C2=NNC(=O)CC2)cc1Cl. The van der Waals surface area contributed by atoms with Crippen LogP contribution in [0.25, 0.3) is 0 Å². The zero-order chi connectivity index (χ0) is 15.5. The molecule has 0 saturated heterocycles. The average Bonchev–Trinajstić information content (AvgIpc) is 2.40. The highest BCUT2D eigenvalue weighted by Crippen LogP contribution is 2.27. The molecule has 0 radical (unpaired) electrons. The van der Waals surface area contributed by atoms with Crippen LogP contribution in [-0.2, 0) is 4.79 Å². The molecule has 1 heterocycles.